The van der Waals surface area contributed by atoms with E-state index in [2.05, 4.69) is 21.2 Å². The molecule has 1 rings (SSSR count). The van der Waals surface area contributed by atoms with Crippen molar-refractivity contribution in [1.29, 1.82) is 0 Å². The molecule has 0 aliphatic carbocycles. The van der Waals surface area contributed by atoms with E-state index in [0.29, 0.717) is 5.75 Å². The molecular weight excluding hydrogens is 290 g/mol. The second-order valence-corrected chi connectivity index (χ2v) is 4.14. The second kappa shape index (κ2) is 6.90. The van der Waals surface area contributed by atoms with Gasteiger partial charge in [-0.15, -0.1) is 0 Å². The first-order chi connectivity index (χ1) is 8.08. The predicted octanol–water partition coefficient (Wildman–Crippen LogP) is 1.42. The molecule has 6 heteroatoms. The molecule has 0 unspecified atom stereocenters. The molecule has 1 aromatic rings. The van der Waals surface area contributed by atoms with Crippen LogP contribution in [0.4, 0.5) is 0 Å². The summed E-state index contributed by atoms with van der Waals surface area (Å²) in [6.45, 7) is -0.155. The lowest BCUT2D eigenvalue weighted by molar-refractivity contribution is -0.138. The quantitative estimate of drug-likeness (QED) is 0.833. The van der Waals surface area contributed by atoms with Crippen LogP contribution in [0.25, 0.3) is 0 Å². The van der Waals surface area contributed by atoms with Gasteiger partial charge in [0.2, 0.25) is 5.91 Å². The number of carboxylic acids is 1. The summed E-state index contributed by atoms with van der Waals surface area (Å²) in [4.78, 5) is 21.3. The number of halogens is 1. The van der Waals surface area contributed by atoms with E-state index in [1.54, 1.807) is 12.1 Å². The van der Waals surface area contributed by atoms with Crippen LogP contribution < -0.4 is 10.1 Å². The first kappa shape index (κ1) is 13.5. The molecule has 1 aromatic carbocycles. The zero-order valence-electron chi connectivity index (χ0n) is 8.98. The Bertz CT molecular complexity index is 408. The summed E-state index contributed by atoms with van der Waals surface area (Å²) in [7, 11) is 0. The first-order valence-electron chi connectivity index (χ1n) is 4.95. The highest BCUT2D eigenvalue weighted by molar-refractivity contribution is 9.10. The molecule has 0 aromatic heterocycles. The fourth-order valence-electron chi connectivity index (χ4n) is 1.08. The van der Waals surface area contributed by atoms with Crippen molar-refractivity contribution in [2.75, 3.05) is 13.2 Å². The maximum Gasteiger partial charge on any atom is 0.322 e. The van der Waals surface area contributed by atoms with Crippen molar-refractivity contribution < 1.29 is 19.4 Å². The Labute approximate surface area is 107 Å². The third-order valence-corrected chi connectivity index (χ3v) is 2.32. The molecule has 0 aliphatic heterocycles. The minimum Gasteiger partial charge on any atom is -0.493 e. The van der Waals surface area contributed by atoms with Gasteiger partial charge >= 0.3 is 5.97 Å². The van der Waals surface area contributed by atoms with Crippen LogP contribution in [0.5, 0.6) is 5.75 Å². The van der Waals surface area contributed by atoms with Crippen molar-refractivity contribution in [3.05, 3.63) is 28.7 Å². The van der Waals surface area contributed by atoms with Gasteiger partial charge in [0, 0.05) is 4.47 Å². The van der Waals surface area contributed by atoms with Gasteiger partial charge in [0.25, 0.3) is 0 Å². The number of hydrogen-bond acceptors (Lipinski definition) is 3. The molecule has 17 heavy (non-hydrogen) atoms. The molecule has 0 bridgehead atoms. The predicted molar refractivity (Wildman–Crippen MR) is 64.9 cm³/mol. The topological polar surface area (TPSA) is 75.6 Å². The third kappa shape index (κ3) is 5.91. The number of amides is 1. The van der Waals surface area contributed by atoms with Crippen LogP contribution in [0.2, 0.25) is 0 Å². The molecule has 0 atom stereocenters. The standard InChI is InChI=1S/C11H12BrNO4/c12-8-2-1-3-9(6-8)17-5-4-10(14)13-7-11(15)16/h1-3,6H,4-5,7H2,(H,13,14)(H,15,16). The minimum absolute atomic E-state index is 0.125. The zero-order chi connectivity index (χ0) is 12.7. The number of rotatable bonds is 6. The van der Waals surface area contributed by atoms with Crippen molar-refractivity contribution >= 4 is 27.8 Å². The molecule has 0 aliphatic rings. The molecule has 0 saturated carbocycles. The Morgan fingerprint density at radius 3 is 2.82 bits per heavy atom. The molecule has 0 saturated heterocycles. The lowest BCUT2D eigenvalue weighted by Crippen LogP contribution is -2.30. The summed E-state index contributed by atoms with van der Waals surface area (Å²) < 4.78 is 6.22. The van der Waals surface area contributed by atoms with Gasteiger partial charge < -0.3 is 15.2 Å². The van der Waals surface area contributed by atoms with Gasteiger partial charge in [-0.05, 0) is 18.2 Å². The van der Waals surface area contributed by atoms with E-state index < -0.39 is 5.97 Å². The number of carbonyl (C=O) groups excluding carboxylic acids is 1. The highest BCUT2D eigenvalue weighted by Crippen LogP contribution is 2.17. The van der Waals surface area contributed by atoms with Crippen LogP contribution in [0.15, 0.2) is 28.7 Å². The molecule has 2 N–H and O–H groups in total. The Morgan fingerprint density at radius 2 is 2.18 bits per heavy atom. The molecule has 1 amide bonds. The van der Waals surface area contributed by atoms with Gasteiger partial charge in [0.05, 0.1) is 13.0 Å². The summed E-state index contributed by atoms with van der Waals surface area (Å²) in [5.41, 5.74) is 0. The van der Waals surface area contributed by atoms with Gasteiger partial charge in [-0.3, -0.25) is 9.59 Å². The minimum atomic E-state index is -1.06. The van der Waals surface area contributed by atoms with Crippen LogP contribution in [0.1, 0.15) is 6.42 Å². The molecular formula is C11H12BrNO4. The van der Waals surface area contributed by atoms with Crippen LogP contribution in [-0.2, 0) is 9.59 Å². The number of carbonyl (C=O) groups is 2. The van der Waals surface area contributed by atoms with Crippen molar-refractivity contribution in [2.24, 2.45) is 0 Å². The molecule has 0 radical (unpaired) electrons. The summed E-state index contributed by atoms with van der Waals surface area (Å²) in [5.74, 6) is -0.751. The van der Waals surface area contributed by atoms with E-state index in [9.17, 15) is 9.59 Å². The van der Waals surface area contributed by atoms with Crippen LogP contribution in [-0.4, -0.2) is 30.1 Å². The number of aliphatic carboxylic acids is 1. The first-order valence-corrected chi connectivity index (χ1v) is 5.74. The van der Waals surface area contributed by atoms with E-state index in [0.717, 1.165) is 4.47 Å². The second-order valence-electron chi connectivity index (χ2n) is 3.23. The number of nitrogens with one attached hydrogen (secondary N) is 1. The smallest absolute Gasteiger partial charge is 0.322 e. The Hall–Kier alpha value is -1.56. The summed E-state index contributed by atoms with van der Waals surface area (Å²) in [6.07, 6.45) is 0.125. The van der Waals surface area contributed by atoms with E-state index >= 15 is 0 Å². The summed E-state index contributed by atoms with van der Waals surface area (Å²) >= 11 is 3.30. The number of carboxylic acid groups (broad SMARTS) is 1. The molecule has 0 spiro atoms. The maximum atomic E-state index is 11.1. The average molecular weight is 302 g/mol. The van der Waals surface area contributed by atoms with Crippen LogP contribution in [0, 0.1) is 0 Å². The fraction of sp³-hybridized carbons (Fsp3) is 0.273. The van der Waals surface area contributed by atoms with Gasteiger partial charge in [0.1, 0.15) is 12.3 Å². The third-order valence-electron chi connectivity index (χ3n) is 1.83. The van der Waals surface area contributed by atoms with Gasteiger partial charge in [-0.2, -0.15) is 0 Å². The van der Waals surface area contributed by atoms with Crippen molar-refractivity contribution in [1.82, 2.24) is 5.32 Å². The fourth-order valence-corrected chi connectivity index (χ4v) is 1.46. The highest BCUT2D eigenvalue weighted by atomic mass is 79.9. The highest BCUT2D eigenvalue weighted by Gasteiger charge is 2.04. The van der Waals surface area contributed by atoms with Crippen LogP contribution >= 0.6 is 15.9 Å². The Balaban J connectivity index is 2.23. The average Bonchev–Trinajstić information content (AvgIpc) is 2.26. The Kier molecular flexibility index (Phi) is 5.48. The van der Waals surface area contributed by atoms with Gasteiger partial charge in [-0.25, -0.2) is 0 Å². The summed E-state index contributed by atoms with van der Waals surface area (Å²) in [6, 6.07) is 7.26. The lowest BCUT2D eigenvalue weighted by atomic mass is 10.3. The zero-order valence-corrected chi connectivity index (χ0v) is 10.6. The SMILES string of the molecule is O=C(O)CNC(=O)CCOc1cccc(Br)c1. The van der Waals surface area contributed by atoms with Crippen molar-refractivity contribution in [3.8, 4) is 5.75 Å². The van der Waals surface area contributed by atoms with E-state index in [1.165, 1.54) is 0 Å². The van der Waals surface area contributed by atoms with Gasteiger partial charge in [0.15, 0.2) is 0 Å². The van der Waals surface area contributed by atoms with E-state index in [4.69, 9.17) is 9.84 Å². The van der Waals surface area contributed by atoms with Gasteiger partial charge in [-0.1, -0.05) is 22.0 Å². The summed E-state index contributed by atoms with van der Waals surface area (Å²) in [5, 5.41) is 10.6. The van der Waals surface area contributed by atoms with Crippen molar-refractivity contribution in [3.63, 3.8) is 0 Å². The molecule has 92 valence electrons. The normalized spacial score (nSPS) is 9.71. The number of benzene rings is 1. The van der Waals surface area contributed by atoms with E-state index in [1.807, 2.05) is 12.1 Å². The van der Waals surface area contributed by atoms with Crippen molar-refractivity contribution in [2.45, 2.75) is 6.42 Å². The molecule has 5 nitrogen and oxygen atoms in total. The number of ether oxygens (including phenoxy) is 1. The molecule has 0 fully saturated rings. The largest absolute Gasteiger partial charge is 0.493 e. The van der Waals surface area contributed by atoms with Crippen LogP contribution in [0.3, 0.4) is 0 Å². The maximum absolute atomic E-state index is 11.1. The Morgan fingerprint density at radius 1 is 1.41 bits per heavy atom. The lowest BCUT2D eigenvalue weighted by Gasteiger charge is -2.06. The number of hydrogen-bond donors (Lipinski definition) is 2. The van der Waals surface area contributed by atoms with E-state index in [-0.39, 0.29) is 25.5 Å². The monoisotopic (exact) mass is 301 g/mol. The molecule has 0 heterocycles.